The van der Waals surface area contributed by atoms with E-state index in [2.05, 4.69) is 47.2 Å². The van der Waals surface area contributed by atoms with E-state index in [1.807, 2.05) is 6.92 Å². The van der Waals surface area contributed by atoms with Crippen molar-refractivity contribution in [2.24, 2.45) is 0 Å². The first-order chi connectivity index (χ1) is 16.7. The molecule has 4 rings (SSSR count). The number of ether oxygens (including phenoxy) is 4. The van der Waals surface area contributed by atoms with Gasteiger partial charge in [0, 0.05) is 18.2 Å². The van der Waals surface area contributed by atoms with Gasteiger partial charge in [-0.05, 0) is 70.3 Å². The zero-order chi connectivity index (χ0) is 25.3. The van der Waals surface area contributed by atoms with Gasteiger partial charge in [0.25, 0.3) is 5.91 Å². The molecule has 1 N–H and O–H groups in total. The first-order valence-electron chi connectivity index (χ1n) is 11.4. The number of furan rings is 1. The third-order valence-electron chi connectivity index (χ3n) is 6.41. The zero-order valence-electron chi connectivity index (χ0n) is 20.8. The molecule has 0 unspecified atom stereocenters. The van der Waals surface area contributed by atoms with Crippen LogP contribution in [-0.4, -0.2) is 27.2 Å². The molecule has 2 aromatic carbocycles. The molecule has 35 heavy (non-hydrogen) atoms. The second kappa shape index (κ2) is 9.85. The molecule has 1 amide bonds. The van der Waals surface area contributed by atoms with Crippen LogP contribution in [0.3, 0.4) is 0 Å². The zero-order valence-corrected chi connectivity index (χ0v) is 22.4. The fraction of sp³-hybridized carbons (Fsp3) is 0.370. The molecule has 7 nitrogen and oxygen atoms in total. The average molecular weight is 544 g/mol. The topological polar surface area (TPSA) is 79.2 Å². The maximum absolute atomic E-state index is 13.0. The Balaban J connectivity index is 1.60. The Morgan fingerprint density at radius 2 is 1.69 bits per heavy atom. The van der Waals surface area contributed by atoms with Crippen LogP contribution in [0.1, 0.15) is 53.9 Å². The highest BCUT2D eigenvalue weighted by Gasteiger charge is 2.29. The van der Waals surface area contributed by atoms with Crippen LogP contribution in [0.25, 0.3) is 0 Å². The highest BCUT2D eigenvalue weighted by atomic mass is 79.9. The number of aryl methyl sites for hydroxylation is 2. The molecule has 1 aliphatic rings. The number of hydrogen-bond acceptors (Lipinski definition) is 6. The number of fused-ring (bicyclic) bond motifs is 1. The first kappa shape index (κ1) is 25.0. The van der Waals surface area contributed by atoms with Crippen molar-refractivity contribution < 1.29 is 28.2 Å². The van der Waals surface area contributed by atoms with E-state index in [9.17, 15) is 4.79 Å². The predicted molar refractivity (Wildman–Crippen MR) is 138 cm³/mol. The van der Waals surface area contributed by atoms with Gasteiger partial charge >= 0.3 is 5.95 Å². The van der Waals surface area contributed by atoms with Crippen LogP contribution in [0, 0.1) is 6.92 Å². The van der Waals surface area contributed by atoms with Crippen molar-refractivity contribution in [1.82, 2.24) is 0 Å². The standard InChI is InChI=1S/C27H30BrNO6/c1-15-10-16-8-7-9-27(2,3)18(16)13-20(15)34-26-19(28)14-23(35-26)25(30)29-24-21(32-5)11-17(31-4)12-22(24)33-6/h10-14H,7-9H2,1-6H3,(H,29,30). The summed E-state index contributed by atoms with van der Waals surface area (Å²) in [6.45, 7) is 6.54. The van der Waals surface area contributed by atoms with E-state index in [1.54, 1.807) is 25.3 Å². The number of nitrogens with one attached hydrogen (secondary N) is 1. The van der Waals surface area contributed by atoms with Crippen molar-refractivity contribution in [3.8, 4) is 28.9 Å². The second-order valence-electron chi connectivity index (χ2n) is 9.22. The van der Waals surface area contributed by atoms with Gasteiger partial charge < -0.3 is 28.7 Å². The van der Waals surface area contributed by atoms with Gasteiger partial charge in [-0.25, -0.2) is 0 Å². The molecule has 0 atom stereocenters. The Bertz CT molecular complexity index is 1240. The quantitative estimate of drug-likeness (QED) is 0.344. The maximum Gasteiger partial charge on any atom is 0.305 e. The van der Waals surface area contributed by atoms with Crippen molar-refractivity contribution >= 4 is 27.5 Å². The molecule has 0 saturated carbocycles. The average Bonchev–Trinajstić information content (AvgIpc) is 3.20. The minimum atomic E-state index is -0.481. The van der Waals surface area contributed by atoms with E-state index in [1.165, 1.54) is 31.8 Å². The first-order valence-corrected chi connectivity index (χ1v) is 12.2. The minimum absolute atomic E-state index is 0.0720. The van der Waals surface area contributed by atoms with Crippen LogP contribution in [0.15, 0.2) is 39.2 Å². The fourth-order valence-corrected chi connectivity index (χ4v) is 4.86. The van der Waals surface area contributed by atoms with Crippen molar-refractivity contribution in [2.45, 2.75) is 45.4 Å². The van der Waals surface area contributed by atoms with Crippen LogP contribution >= 0.6 is 15.9 Å². The molecule has 1 aliphatic carbocycles. The van der Waals surface area contributed by atoms with E-state index in [4.69, 9.17) is 23.4 Å². The summed E-state index contributed by atoms with van der Waals surface area (Å²) in [6, 6.07) is 9.19. The van der Waals surface area contributed by atoms with Gasteiger partial charge in [0.1, 0.15) is 33.2 Å². The highest BCUT2D eigenvalue weighted by Crippen LogP contribution is 2.43. The summed E-state index contributed by atoms with van der Waals surface area (Å²) in [6.07, 6.45) is 3.40. The summed E-state index contributed by atoms with van der Waals surface area (Å²) in [4.78, 5) is 13.0. The van der Waals surface area contributed by atoms with Crippen LogP contribution in [0.4, 0.5) is 5.69 Å². The predicted octanol–water partition coefficient (Wildman–Crippen LogP) is 7.03. The number of benzene rings is 2. The number of halogens is 1. The minimum Gasteiger partial charge on any atom is -0.496 e. The van der Waals surface area contributed by atoms with Gasteiger partial charge in [-0.15, -0.1) is 0 Å². The number of methoxy groups -OCH3 is 3. The lowest BCUT2D eigenvalue weighted by atomic mass is 9.72. The molecular formula is C27H30BrNO6. The van der Waals surface area contributed by atoms with E-state index in [0.29, 0.717) is 33.2 Å². The van der Waals surface area contributed by atoms with Crippen molar-refractivity contribution in [2.75, 3.05) is 26.6 Å². The molecule has 8 heteroatoms. The molecule has 0 aliphatic heterocycles. The molecule has 1 aromatic heterocycles. The van der Waals surface area contributed by atoms with E-state index in [0.717, 1.165) is 18.4 Å². The maximum atomic E-state index is 13.0. The van der Waals surface area contributed by atoms with Crippen LogP contribution in [0.2, 0.25) is 0 Å². The second-order valence-corrected chi connectivity index (χ2v) is 10.1. The lowest BCUT2D eigenvalue weighted by Crippen LogP contribution is -2.23. The Hall–Kier alpha value is -3.13. The fourth-order valence-electron chi connectivity index (χ4n) is 4.49. The molecular weight excluding hydrogens is 514 g/mol. The molecule has 0 saturated heterocycles. The summed E-state index contributed by atoms with van der Waals surface area (Å²) < 4.78 is 28.6. The van der Waals surface area contributed by atoms with Gasteiger partial charge in [0.05, 0.1) is 21.3 Å². The van der Waals surface area contributed by atoms with Gasteiger partial charge in [-0.3, -0.25) is 4.79 Å². The van der Waals surface area contributed by atoms with Crippen LogP contribution in [-0.2, 0) is 11.8 Å². The largest absolute Gasteiger partial charge is 0.496 e. The smallest absolute Gasteiger partial charge is 0.305 e. The Labute approximate surface area is 213 Å². The van der Waals surface area contributed by atoms with Crippen molar-refractivity contribution in [1.29, 1.82) is 0 Å². The van der Waals surface area contributed by atoms with E-state index < -0.39 is 5.91 Å². The molecule has 0 fully saturated rings. The molecule has 1 heterocycles. The summed E-state index contributed by atoms with van der Waals surface area (Å²) in [5.41, 5.74) is 4.13. The van der Waals surface area contributed by atoms with Gasteiger partial charge in [-0.2, -0.15) is 0 Å². The van der Waals surface area contributed by atoms with Crippen molar-refractivity contribution in [3.63, 3.8) is 0 Å². The van der Waals surface area contributed by atoms with Gasteiger partial charge in [0.15, 0.2) is 5.76 Å². The molecule has 0 radical (unpaired) electrons. The monoisotopic (exact) mass is 543 g/mol. The highest BCUT2D eigenvalue weighted by molar-refractivity contribution is 9.10. The summed E-state index contributed by atoms with van der Waals surface area (Å²) >= 11 is 3.46. The number of carbonyl (C=O) groups excluding carboxylic acids is 1. The summed E-state index contributed by atoms with van der Waals surface area (Å²) in [5, 5.41) is 2.80. The van der Waals surface area contributed by atoms with E-state index >= 15 is 0 Å². The molecule has 3 aromatic rings. The third kappa shape index (κ3) is 4.98. The number of amides is 1. The molecule has 186 valence electrons. The van der Waals surface area contributed by atoms with Crippen LogP contribution < -0.4 is 24.3 Å². The lowest BCUT2D eigenvalue weighted by Gasteiger charge is -2.33. The summed E-state index contributed by atoms with van der Waals surface area (Å²) in [7, 11) is 4.54. The normalized spacial score (nSPS) is 14.1. The molecule has 0 bridgehead atoms. The van der Waals surface area contributed by atoms with E-state index in [-0.39, 0.29) is 17.1 Å². The Morgan fingerprint density at radius 1 is 1.00 bits per heavy atom. The van der Waals surface area contributed by atoms with Gasteiger partial charge in [0.2, 0.25) is 0 Å². The molecule has 0 spiro atoms. The Morgan fingerprint density at radius 3 is 2.31 bits per heavy atom. The van der Waals surface area contributed by atoms with Crippen LogP contribution in [0.5, 0.6) is 28.9 Å². The summed E-state index contributed by atoms with van der Waals surface area (Å²) in [5.74, 6) is 1.83. The van der Waals surface area contributed by atoms with Gasteiger partial charge in [-0.1, -0.05) is 19.9 Å². The number of hydrogen-bond donors (Lipinski definition) is 1. The number of rotatable bonds is 7. The third-order valence-corrected chi connectivity index (χ3v) is 6.97. The lowest BCUT2D eigenvalue weighted by molar-refractivity contribution is 0.0991. The number of carbonyl (C=O) groups is 1. The SMILES string of the molecule is COc1cc(OC)c(NC(=O)c2cc(Br)c(Oc3cc4c(cc3C)CCCC4(C)C)o2)c(OC)c1. The number of anilines is 1. The Kier molecular flexibility index (Phi) is 7.03. The van der Waals surface area contributed by atoms with Crippen molar-refractivity contribution in [3.05, 3.63) is 57.3 Å².